The molecule has 0 spiro atoms. The molecular formula is C18H18N2O4S. The van der Waals surface area contributed by atoms with Crippen LogP contribution >= 0.6 is 11.3 Å². The molecule has 3 rings (SSSR count). The largest absolute Gasteiger partial charge is 0.482 e. The van der Waals surface area contributed by atoms with E-state index in [2.05, 4.69) is 9.97 Å². The lowest BCUT2D eigenvalue weighted by molar-refractivity contribution is -0.145. The van der Waals surface area contributed by atoms with Crippen LogP contribution in [0, 0.1) is 13.8 Å². The number of carbonyl (C=O) groups is 1. The fraction of sp³-hybridized carbons (Fsp3) is 0.278. The van der Waals surface area contributed by atoms with Gasteiger partial charge in [0.2, 0.25) is 0 Å². The van der Waals surface area contributed by atoms with Gasteiger partial charge in [-0.05, 0) is 50.6 Å². The first kappa shape index (κ1) is 17.2. The number of nitrogens with zero attached hydrogens (tertiary/aromatic N) is 1. The molecule has 2 aromatic heterocycles. The predicted molar refractivity (Wildman–Crippen MR) is 97.3 cm³/mol. The van der Waals surface area contributed by atoms with Crippen LogP contribution in [0.4, 0.5) is 0 Å². The summed E-state index contributed by atoms with van der Waals surface area (Å²) in [5, 5.41) is 0.653. The van der Waals surface area contributed by atoms with Crippen molar-refractivity contribution in [2.75, 3.05) is 13.2 Å². The molecule has 2 heterocycles. The van der Waals surface area contributed by atoms with Crippen LogP contribution in [-0.4, -0.2) is 29.2 Å². The zero-order valence-corrected chi connectivity index (χ0v) is 15.0. The van der Waals surface area contributed by atoms with Gasteiger partial charge in [-0.25, -0.2) is 9.78 Å². The number of hydrogen-bond donors (Lipinski definition) is 1. The van der Waals surface area contributed by atoms with E-state index in [-0.39, 0.29) is 12.2 Å². The maximum atomic E-state index is 12.3. The average Bonchev–Trinajstić information content (AvgIpc) is 2.88. The van der Waals surface area contributed by atoms with E-state index in [1.165, 1.54) is 11.3 Å². The van der Waals surface area contributed by atoms with Crippen LogP contribution in [0.5, 0.6) is 5.75 Å². The number of fused-ring (bicyclic) bond motifs is 1. The van der Waals surface area contributed by atoms with Crippen LogP contribution in [0.25, 0.3) is 21.6 Å². The highest BCUT2D eigenvalue weighted by Crippen LogP contribution is 2.27. The number of carbonyl (C=O) groups excluding carboxylic acids is 1. The fourth-order valence-electron chi connectivity index (χ4n) is 2.45. The number of nitrogens with one attached hydrogen (secondary N) is 1. The zero-order valence-electron chi connectivity index (χ0n) is 14.2. The predicted octanol–water partition coefficient (Wildman–Crippen LogP) is 3.21. The first-order chi connectivity index (χ1) is 12.0. The first-order valence-electron chi connectivity index (χ1n) is 7.88. The molecule has 0 unspecified atom stereocenters. The van der Waals surface area contributed by atoms with E-state index >= 15 is 0 Å². The van der Waals surface area contributed by atoms with Crippen molar-refractivity contribution >= 4 is 27.5 Å². The van der Waals surface area contributed by atoms with Crippen molar-refractivity contribution in [3.05, 3.63) is 45.1 Å². The third kappa shape index (κ3) is 3.56. The fourth-order valence-corrected chi connectivity index (χ4v) is 3.48. The van der Waals surface area contributed by atoms with Gasteiger partial charge in [-0.1, -0.05) is 0 Å². The Morgan fingerprint density at radius 2 is 1.96 bits per heavy atom. The smallest absolute Gasteiger partial charge is 0.344 e. The third-order valence-electron chi connectivity index (χ3n) is 3.83. The maximum absolute atomic E-state index is 12.3. The van der Waals surface area contributed by atoms with Gasteiger partial charge in [0.1, 0.15) is 16.4 Å². The lowest BCUT2D eigenvalue weighted by atomic mass is 10.2. The molecule has 0 aliphatic carbocycles. The van der Waals surface area contributed by atoms with Gasteiger partial charge < -0.3 is 14.5 Å². The molecule has 0 bridgehead atoms. The molecule has 25 heavy (non-hydrogen) atoms. The summed E-state index contributed by atoms with van der Waals surface area (Å²) in [5.74, 6) is 0.644. The highest BCUT2D eigenvalue weighted by atomic mass is 32.1. The minimum absolute atomic E-state index is 0.135. The highest BCUT2D eigenvalue weighted by Gasteiger charge is 2.12. The Balaban J connectivity index is 1.84. The summed E-state index contributed by atoms with van der Waals surface area (Å²) in [7, 11) is 0. The number of thiophene rings is 1. The number of aryl methyl sites for hydroxylation is 2. The van der Waals surface area contributed by atoms with Gasteiger partial charge in [0.15, 0.2) is 6.61 Å². The van der Waals surface area contributed by atoms with Crippen molar-refractivity contribution in [3.63, 3.8) is 0 Å². The van der Waals surface area contributed by atoms with E-state index in [4.69, 9.17) is 9.47 Å². The molecule has 0 atom stereocenters. The van der Waals surface area contributed by atoms with E-state index in [1.807, 2.05) is 13.8 Å². The lowest BCUT2D eigenvalue weighted by Crippen LogP contribution is -2.14. The molecule has 130 valence electrons. The molecular weight excluding hydrogens is 340 g/mol. The van der Waals surface area contributed by atoms with Gasteiger partial charge in [0.25, 0.3) is 5.56 Å². The topological polar surface area (TPSA) is 81.3 Å². The van der Waals surface area contributed by atoms with Crippen LogP contribution in [0.15, 0.2) is 29.1 Å². The maximum Gasteiger partial charge on any atom is 0.344 e. The van der Waals surface area contributed by atoms with Crippen molar-refractivity contribution < 1.29 is 14.3 Å². The molecule has 0 fully saturated rings. The van der Waals surface area contributed by atoms with Crippen LogP contribution < -0.4 is 10.3 Å². The van der Waals surface area contributed by atoms with E-state index in [0.717, 1.165) is 20.8 Å². The summed E-state index contributed by atoms with van der Waals surface area (Å²) in [6.07, 6.45) is 0. The van der Waals surface area contributed by atoms with Crippen molar-refractivity contribution in [2.24, 2.45) is 0 Å². The Bertz CT molecular complexity index is 973. The standard InChI is InChI=1S/C18H18N2O4S/c1-4-23-14(21)9-24-13-7-5-12(6-8-13)16-19-17(22)15-10(2)11(3)25-18(15)20-16/h5-8H,4,9H2,1-3H3,(H,19,20,22). The number of H-pyrrole nitrogens is 1. The quantitative estimate of drug-likeness (QED) is 0.708. The Hall–Kier alpha value is -2.67. The number of aromatic nitrogens is 2. The van der Waals surface area contributed by atoms with Gasteiger partial charge in [-0.2, -0.15) is 0 Å². The Morgan fingerprint density at radius 1 is 1.24 bits per heavy atom. The molecule has 7 heteroatoms. The monoisotopic (exact) mass is 358 g/mol. The lowest BCUT2D eigenvalue weighted by Gasteiger charge is -2.07. The van der Waals surface area contributed by atoms with Gasteiger partial charge in [0.05, 0.1) is 12.0 Å². The molecule has 3 aromatic rings. The first-order valence-corrected chi connectivity index (χ1v) is 8.70. The Labute approximate surface area is 148 Å². The van der Waals surface area contributed by atoms with Gasteiger partial charge in [-0.3, -0.25) is 4.79 Å². The molecule has 6 nitrogen and oxygen atoms in total. The summed E-state index contributed by atoms with van der Waals surface area (Å²) < 4.78 is 10.2. The number of aromatic amines is 1. The highest BCUT2D eigenvalue weighted by molar-refractivity contribution is 7.18. The summed E-state index contributed by atoms with van der Waals surface area (Å²) >= 11 is 1.51. The summed E-state index contributed by atoms with van der Waals surface area (Å²) in [6, 6.07) is 7.03. The number of rotatable bonds is 5. The molecule has 1 aromatic carbocycles. The Morgan fingerprint density at radius 3 is 2.64 bits per heavy atom. The second kappa shape index (κ2) is 7.06. The molecule has 0 saturated carbocycles. The number of hydrogen-bond acceptors (Lipinski definition) is 6. The van der Waals surface area contributed by atoms with Crippen LogP contribution in [0.3, 0.4) is 0 Å². The number of ether oxygens (including phenoxy) is 2. The minimum atomic E-state index is -0.411. The van der Waals surface area contributed by atoms with Crippen molar-refractivity contribution in [1.29, 1.82) is 0 Å². The second-order valence-electron chi connectivity index (χ2n) is 5.50. The average molecular weight is 358 g/mol. The summed E-state index contributed by atoms with van der Waals surface area (Å²) in [6.45, 7) is 5.84. The minimum Gasteiger partial charge on any atom is -0.482 e. The van der Waals surface area contributed by atoms with Crippen molar-refractivity contribution in [1.82, 2.24) is 9.97 Å². The van der Waals surface area contributed by atoms with E-state index in [1.54, 1.807) is 31.2 Å². The third-order valence-corrected chi connectivity index (χ3v) is 4.93. The molecule has 0 radical (unpaired) electrons. The van der Waals surface area contributed by atoms with Gasteiger partial charge >= 0.3 is 5.97 Å². The zero-order chi connectivity index (χ0) is 18.0. The van der Waals surface area contributed by atoms with E-state index < -0.39 is 5.97 Å². The van der Waals surface area contributed by atoms with Gasteiger partial charge in [0, 0.05) is 10.4 Å². The SMILES string of the molecule is CCOC(=O)COc1ccc(-c2nc3sc(C)c(C)c3c(=O)[nH]2)cc1. The van der Waals surface area contributed by atoms with Crippen LogP contribution in [0.2, 0.25) is 0 Å². The molecule has 0 aliphatic rings. The van der Waals surface area contributed by atoms with Crippen LogP contribution in [0.1, 0.15) is 17.4 Å². The normalized spacial score (nSPS) is 10.8. The number of benzene rings is 1. The Kier molecular flexibility index (Phi) is 4.85. The number of esters is 1. The molecule has 1 N–H and O–H groups in total. The summed E-state index contributed by atoms with van der Waals surface area (Å²) in [4.78, 5) is 32.9. The van der Waals surface area contributed by atoms with Crippen LogP contribution in [-0.2, 0) is 9.53 Å². The summed E-state index contributed by atoms with van der Waals surface area (Å²) in [5.41, 5.74) is 1.61. The van der Waals surface area contributed by atoms with Gasteiger partial charge in [-0.15, -0.1) is 11.3 Å². The van der Waals surface area contributed by atoms with E-state index in [9.17, 15) is 9.59 Å². The molecule has 0 amide bonds. The van der Waals surface area contributed by atoms with E-state index in [0.29, 0.717) is 23.6 Å². The van der Waals surface area contributed by atoms with Crippen molar-refractivity contribution in [2.45, 2.75) is 20.8 Å². The molecule has 0 saturated heterocycles. The van der Waals surface area contributed by atoms with Crippen molar-refractivity contribution in [3.8, 4) is 17.1 Å². The molecule has 0 aliphatic heterocycles. The second-order valence-corrected chi connectivity index (χ2v) is 6.70.